The predicted molar refractivity (Wildman–Crippen MR) is 139 cm³/mol. The van der Waals surface area contributed by atoms with Gasteiger partial charge in [0.05, 0.1) is 23.6 Å². The molecule has 0 bridgehead atoms. The number of fused-ring (bicyclic) bond motifs is 1. The molecule has 1 amide bonds. The number of carbonyl (C=O) groups is 2. The first-order valence-corrected chi connectivity index (χ1v) is 12.1. The summed E-state index contributed by atoms with van der Waals surface area (Å²) in [4.78, 5) is 44.8. The number of H-pyrrole nitrogens is 1. The molecule has 184 valence electrons. The predicted octanol–water partition coefficient (Wildman–Crippen LogP) is 3.59. The van der Waals surface area contributed by atoms with Crippen molar-refractivity contribution in [3.8, 4) is 0 Å². The minimum Gasteiger partial charge on any atom is -0.465 e. The van der Waals surface area contributed by atoms with Crippen LogP contribution in [0, 0.1) is 18.6 Å². The molecule has 0 radical (unpaired) electrons. The van der Waals surface area contributed by atoms with Crippen LogP contribution in [0.3, 0.4) is 0 Å². The fourth-order valence-electron chi connectivity index (χ4n) is 4.51. The van der Waals surface area contributed by atoms with Gasteiger partial charge in [0.1, 0.15) is 0 Å². The van der Waals surface area contributed by atoms with Gasteiger partial charge in [0, 0.05) is 44.8 Å². The molecule has 1 fully saturated rings. The number of esters is 1. The second-order valence-electron chi connectivity index (χ2n) is 8.90. The number of hydrogen-bond donors (Lipinski definition) is 1. The van der Waals surface area contributed by atoms with Crippen LogP contribution in [0.15, 0.2) is 41.2 Å². The highest BCUT2D eigenvalue weighted by Gasteiger charge is 2.22. The van der Waals surface area contributed by atoms with Crippen molar-refractivity contribution >= 4 is 40.7 Å². The number of benzene rings is 2. The third-order valence-corrected chi connectivity index (χ3v) is 6.84. The zero-order chi connectivity index (χ0) is 25.1. The van der Waals surface area contributed by atoms with Crippen LogP contribution in [0.4, 0.5) is 5.69 Å². The van der Waals surface area contributed by atoms with Gasteiger partial charge in [-0.1, -0.05) is 12.1 Å². The summed E-state index contributed by atoms with van der Waals surface area (Å²) >= 11 is 5.38. The molecule has 2 aromatic carbocycles. The maximum atomic E-state index is 13.0. The number of anilines is 1. The Hall–Kier alpha value is -3.46. The normalized spacial score (nSPS) is 13.8. The summed E-state index contributed by atoms with van der Waals surface area (Å²) < 4.78 is 6.47. The van der Waals surface area contributed by atoms with Gasteiger partial charge in [0.25, 0.3) is 5.56 Å². The van der Waals surface area contributed by atoms with Gasteiger partial charge in [-0.3, -0.25) is 14.2 Å². The summed E-state index contributed by atoms with van der Waals surface area (Å²) in [5.41, 5.74) is 4.29. The van der Waals surface area contributed by atoms with Gasteiger partial charge in [-0.15, -0.1) is 0 Å². The summed E-state index contributed by atoms with van der Waals surface area (Å²) in [6.45, 7) is 7.53. The molecule has 35 heavy (non-hydrogen) atoms. The van der Waals surface area contributed by atoms with E-state index in [1.807, 2.05) is 4.90 Å². The SMILES string of the molecule is COC(=O)c1ccc2c(=O)n(CCCC(=O)N3CCN(c4cc(C)ccc4C)CC3)c(=S)[nH]c2c1. The number of aromatic nitrogens is 2. The number of ether oxygens (including phenoxy) is 1. The number of aryl methyl sites for hydroxylation is 2. The quantitative estimate of drug-likeness (QED) is 0.416. The van der Waals surface area contributed by atoms with Crippen LogP contribution in [-0.4, -0.2) is 59.6 Å². The monoisotopic (exact) mass is 494 g/mol. The Morgan fingerprint density at radius 3 is 2.51 bits per heavy atom. The molecular weight excluding hydrogens is 464 g/mol. The van der Waals surface area contributed by atoms with Crippen LogP contribution in [-0.2, 0) is 16.1 Å². The van der Waals surface area contributed by atoms with Crippen LogP contribution < -0.4 is 10.5 Å². The number of carbonyl (C=O) groups excluding carboxylic acids is 2. The van der Waals surface area contributed by atoms with E-state index in [-0.39, 0.29) is 16.2 Å². The number of methoxy groups -OCH3 is 1. The summed E-state index contributed by atoms with van der Waals surface area (Å²) in [5.74, 6) is -0.388. The highest BCUT2D eigenvalue weighted by Crippen LogP contribution is 2.23. The molecule has 0 spiro atoms. The van der Waals surface area contributed by atoms with E-state index in [4.69, 9.17) is 17.0 Å². The van der Waals surface area contributed by atoms with Crippen molar-refractivity contribution in [1.82, 2.24) is 14.5 Å². The van der Waals surface area contributed by atoms with E-state index in [1.165, 1.54) is 28.5 Å². The molecule has 0 unspecified atom stereocenters. The molecule has 1 saturated heterocycles. The van der Waals surface area contributed by atoms with Crippen molar-refractivity contribution in [2.24, 2.45) is 0 Å². The molecule has 3 aromatic rings. The number of nitrogens with zero attached hydrogens (tertiary/aromatic N) is 3. The van der Waals surface area contributed by atoms with Crippen molar-refractivity contribution in [1.29, 1.82) is 0 Å². The Bertz CT molecular complexity index is 1390. The van der Waals surface area contributed by atoms with Gasteiger partial charge in [0.15, 0.2) is 4.77 Å². The minimum absolute atomic E-state index is 0.0945. The van der Waals surface area contributed by atoms with Crippen molar-refractivity contribution < 1.29 is 14.3 Å². The fourth-order valence-corrected chi connectivity index (χ4v) is 4.79. The zero-order valence-electron chi connectivity index (χ0n) is 20.3. The number of hydrogen-bond acceptors (Lipinski definition) is 6. The molecule has 4 rings (SSSR count). The molecule has 0 aliphatic carbocycles. The van der Waals surface area contributed by atoms with Crippen LogP contribution in [0.1, 0.15) is 34.3 Å². The minimum atomic E-state index is -0.483. The van der Waals surface area contributed by atoms with Gasteiger partial charge in [-0.05, 0) is 67.9 Å². The number of amides is 1. The van der Waals surface area contributed by atoms with E-state index >= 15 is 0 Å². The first-order chi connectivity index (χ1) is 16.8. The van der Waals surface area contributed by atoms with E-state index in [2.05, 4.69) is 41.9 Å². The largest absolute Gasteiger partial charge is 0.465 e. The van der Waals surface area contributed by atoms with Crippen LogP contribution in [0.5, 0.6) is 0 Å². The Kier molecular flexibility index (Phi) is 7.35. The Labute approximate surface area is 209 Å². The second-order valence-corrected chi connectivity index (χ2v) is 9.29. The molecule has 1 aliphatic heterocycles. The Balaban J connectivity index is 1.36. The lowest BCUT2D eigenvalue weighted by molar-refractivity contribution is -0.131. The smallest absolute Gasteiger partial charge is 0.337 e. The first-order valence-electron chi connectivity index (χ1n) is 11.7. The number of nitrogens with one attached hydrogen (secondary N) is 1. The van der Waals surface area contributed by atoms with Crippen molar-refractivity contribution in [3.05, 3.63) is 68.2 Å². The molecule has 1 aromatic heterocycles. The average Bonchev–Trinajstić information content (AvgIpc) is 2.86. The lowest BCUT2D eigenvalue weighted by Gasteiger charge is -2.37. The highest BCUT2D eigenvalue weighted by atomic mass is 32.1. The summed E-state index contributed by atoms with van der Waals surface area (Å²) in [6.07, 6.45) is 0.864. The summed E-state index contributed by atoms with van der Waals surface area (Å²) in [6, 6.07) is 11.2. The third kappa shape index (κ3) is 5.30. The van der Waals surface area contributed by atoms with Crippen LogP contribution >= 0.6 is 12.2 Å². The third-order valence-electron chi connectivity index (χ3n) is 6.51. The molecular formula is C26H30N4O4S. The van der Waals surface area contributed by atoms with Gasteiger partial charge < -0.3 is 19.5 Å². The fraction of sp³-hybridized carbons (Fsp3) is 0.385. The van der Waals surface area contributed by atoms with E-state index < -0.39 is 5.97 Å². The van der Waals surface area contributed by atoms with Gasteiger partial charge in [-0.25, -0.2) is 4.79 Å². The maximum absolute atomic E-state index is 13.0. The summed E-state index contributed by atoms with van der Waals surface area (Å²) in [5, 5.41) is 0.431. The van der Waals surface area contributed by atoms with E-state index in [0.717, 1.165) is 13.1 Å². The van der Waals surface area contributed by atoms with Crippen molar-refractivity contribution in [2.75, 3.05) is 38.2 Å². The maximum Gasteiger partial charge on any atom is 0.337 e. The summed E-state index contributed by atoms with van der Waals surface area (Å²) in [7, 11) is 1.30. The number of aromatic amines is 1. The van der Waals surface area contributed by atoms with Crippen molar-refractivity contribution in [2.45, 2.75) is 33.2 Å². The van der Waals surface area contributed by atoms with Crippen LogP contribution in [0.25, 0.3) is 10.9 Å². The molecule has 1 N–H and O–H groups in total. The lowest BCUT2D eigenvalue weighted by Crippen LogP contribution is -2.49. The molecule has 8 nitrogen and oxygen atoms in total. The van der Waals surface area contributed by atoms with Gasteiger partial charge in [0.2, 0.25) is 5.91 Å². The topological polar surface area (TPSA) is 87.6 Å². The van der Waals surface area contributed by atoms with Crippen LogP contribution in [0.2, 0.25) is 0 Å². The van der Waals surface area contributed by atoms with E-state index in [0.29, 0.717) is 48.9 Å². The van der Waals surface area contributed by atoms with Crippen molar-refractivity contribution in [3.63, 3.8) is 0 Å². The molecule has 9 heteroatoms. The number of piperazine rings is 1. The Morgan fingerprint density at radius 1 is 1.06 bits per heavy atom. The van der Waals surface area contributed by atoms with Gasteiger partial charge in [-0.2, -0.15) is 0 Å². The van der Waals surface area contributed by atoms with E-state index in [1.54, 1.807) is 18.2 Å². The number of rotatable bonds is 6. The molecule has 0 atom stereocenters. The first kappa shape index (κ1) is 24.7. The average molecular weight is 495 g/mol. The molecule has 1 aliphatic rings. The zero-order valence-corrected chi connectivity index (χ0v) is 21.1. The highest BCUT2D eigenvalue weighted by molar-refractivity contribution is 7.71. The lowest BCUT2D eigenvalue weighted by atomic mass is 10.1. The second kappa shape index (κ2) is 10.4. The Morgan fingerprint density at radius 2 is 1.80 bits per heavy atom. The van der Waals surface area contributed by atoms with Gasteiger partial charge >= 0.3 is 5.97 Å². The van der Waals surface area contributed by atoms with E-state index in [9.17, 15) is 14.4 Å². The standard InChI is InChI=1S/C26H30N4O4S/c1-17-6-7-18(2)22(15-17)28-11-13-29(14-12-28)23(31)5-4-10-30-24(32)20-9-8-19(25(33)34-3)16-21(20)27-26(30)35/h6-9,15-16H,4-5,10-14H2,1-3H3,(H,27,35). The molecule has 2 heterocycles. The molecule has 0 saturated carbocycles.